The molecule has 1 fully saturated rings. The third-order valence-corrected chi connectivity index (χ3v) is 5.23. The van der Waals surface area contributed by atoms with Gasteiger partial charge in [-0.2, -0.15) is 0 Å². The van der Waals surface area contributed by atoms with Gasteiger partial charge in [0.25, 0.3) is 5.91 Å². The fourth-order valence-corrected chi connectivity index (χ4v) is 3.28. The summed E-state index contributed by atoms with van der Waals surface area (Å²) in [7, 11) is 0. The van der Waals surface area contributed by atoms with E-state index < -0.39 is 6.04 Å². The third-order valence-electron chi connectivity index (χ3n) is 5.23. The number of nitrogens with one attached hydrogen (secondary N) is 1. The molecule has 148 valence electrons. The lowest BCUT2D eigenvalue weighted by molar-refractivity contribution is -0.134. The van der Waals surface area contributed by atoms with E-state index in [2.05, 4.69) is 20.2 Å². The Labute approximate surface area is 165 Å². The number of amides is 2. The summed E-state index contributed by atoms with van der Waals surface area (Å²) in [4.78, 5) is 38.2. The maximum atomic E-state index is 13.2. The third kappa shape index (κ3) is 4.65. The Morgan fingerprint density at radius 2 is 1.68 bits per heavy atom. The lowest BCUT2D eigenvalue weighted by Crippen LogP contribution is -2.57. The average molecular weight is 381 g/mol. The quantitative estimate of drug-likeness (QED) is 0.828. The molecule has 0 aliphatic carbocycles. The van der Waals surface area contributed by atoms with Crippen molar-refractivity contribution in [1.82, 2.24) is 20.2 Å². The van der Waals surface area contributed by atoms with Crippen molar-refractivity contribution in [2.24, 2.45) is 5.92 Å². The molecule has 28 heavy (non-hydrogen) atoms. The van der Waals surface area contributed by atoms with Crippen molar-refractivity contribution >= 4 is 17.8 Å². The molecule has 2 aromatic rings. The first-order valence-electron chi connectivity index (χ1n) is 9.76. The van der Waals surface area contributed by atoms with Crippen molar-refractivity contribution in [3.8, 4) is 0 Å². The van der Waals surface area contributed by atoms with E-state index in [-0.39, 0.29) is 17.7 Å². The molecule has 1 aromatic heterocycles. The first kappa shape index (κ1) is 19.8. The van der Waals surface area contributed by atoms with Gasteiger partial charge in [-0.3, -0.25) is 9.59 Å². The van der Waals surface area contributed by atoms with Gasteiger partial charge in [0, 0.05) is 44.1 Å². The maximum Gasteiger partial charge on any atom is 0.251 e. The van der Waals surface area contributed by atoms with Crippen LogP contribution in [0.25, 0.3) is 0 Å². The van der Waals surface area contributed by atoms with E-state index in [0.717, 1.165) is 6.42 Å². The average Bonchev–Trinajstić information content (AvgIpc) is 2.77. The first-order chi connectivity index (χ1) is 13.6. The molecule has 1 aromatic carbocycles. The second-order valence-electron chi connectivity index (χ2n) is 7.06. The normalized spacial score (nSPS) is 16.4. The van der Waals surface area contributed by atoms with Crippen LogP contribution < -0.4 is 10.2 Å². The standard InChI is InChI=1S/C21H27N5O2/c1-3-16(2)18(24-19(27)17-8-5-4-6-9-17)20(28)25-12-14-26(15-13-25)21-22-10-7-11-23-21/h4-11,16,18H,3,12-15H2,1-2H3,(H,24,27). The van der Waals surface area contributed by atoms with Gasteiger partial charge >= 0.3 is 0 Å². The minimum atomic E-state index is -0.530. The summed E-state index contributed by atoms with van der Waals surface area (Å²) in [5, 5.41) is 2.96. The number of rotatable bonds is 6. The number of aromatic nitrogens is 2. The van der Waals surface area contributed by atoms with Crippen LogP contribution >= 0.6 is 0 Å². The van der Waals surface area contributed by atoms with Gasteiger partial charge in [-0.05, 0) is 24.1 Å². The van der Waals surface area contributed by atoms with Crippen molar-refractivity contribution in [2.75, 3.05) is 31.1 Å². The van der Waals surface area contributed by atoms with Gasteiger partial charge in [0.1, 0.15) is 6.04 Å². The zero-order chi connectivity index (χ0) is 19.9. The van der Waals surface area contributed by atoms with E-state index >= 15 is 0 Å². The molecule has 1 saturated heterocycles. The van der Waals surface area contributed by atoms with E-state index in [1.54, 1.807) is 30.6 Å². The highest BCUT2D eigenvalue weighted by molar-refractivity contribution is 5.97. The Bertz CT molecular complexity index is 776. The molecule has 0 radical (unpaired) electrons. The van der Waals surface area contributed by atoms with Gasteiger partial charge in [-0.1, -0.05) is 38.5 Å². The number of carbonyl (C=O) groups is 2. The van der Waals surface area contributed by atoms with Gasteiger partial charge in [0.2, 0.25) is 11.9 Å². The number of piperazine rings is 1. The summed E-state index contributed by atoms with van der Waals surface area (Å²) in [6.45, 7) is 6.56. The maximum absolute atomic E-state index is 13.2. The number of carbonyl (C=O) groups excluding carboxylic acids is 2. The SMILES string of the molecule is CCC(C)C(NC(=O)c1ccccc1)C(=O)N1CCN(c2ncccn2)CC1. The molecule has 1 N–H and O–H groups in total. The van der Waals surface area contributed by atoms with E-state index in [9.17, 15) is 9.59 Å². The molecular formula is C21H27N5O2. The molecule has 2 amide bonds. The second kappa shape index (κ2) is 9.30. The Hall–Kier alpha value is -2.96. The zero-order valence-electron chi connectivity index (χ0n) is 16.4. The molecule has 0 saturated carbocycles. The van der Waals surface area contributed by atoms with E-state index in [0.29, 0.717) is 37.7 Å². The highest BCUT2D eigenvalue weighted by atomic mass is 16.2. The van der Waals surface area contributed by atoms with Crippen molar-refractivity contribution in [3.63, 3.8) is 0 Å². The predicted molar refractivity (Wildman–Crippen MR) is 108 cm³/mol. The van der Waals surface area contributed by atoms with E-state index in [1.165, 1.54) is 0 Å². The summed E-state index contributed by atoms with van der Waals surface area (Å²) in [6.07, 6.45) is 4.25. The van der Waals surface area contributed by atoms with Crippen LogP contribution in [0.5, 0.6) is 0 Å². The number of hydrogen-bond donors (Lipinski definition) is 1. The van der Waals surface area contributed by atoms with Crippen LogP contribution in [0, 0.1) is 5.92 Å². The Morgan fingerprint density at radius 3 is 2.29 bits per heavy atom. The summed E-state index contributed by atoms with van der Waals surface area (Å²) >= 11 is 0. The summed E-state index contributed by atoms with van der Waals surface area (Å²) < 4.78 is 0. The molecule has 2 atom stereocenters. The monoisotopic (exact) mass is 381 g/mol. The molecule has 2 unspecified atom stereocenters. The molecule has 0 bridgehead atoms. The minimum absolute atomic E-state index is 0.0211. The van der Waals surface area contributed by atoms with Crippen LogP contribution in [0.3, 0.4) is 0 Å². The van der Waals surface area contributed by atoms with E-state index in [4.69, 9.17) is 0 Å². The van der Waals surface area contributed by atoms with Gasteiger partial charge in [0.15, 0.2) is 0 Å². The van der Waals surface area contributed by atoms with Crippen LogP contribution in [0.15, 0.2) is 48.8 Å². The Balaban J connectivity index is 1.64. The number of benzene rings is 1. The van der Waals surface area contributed by atoms with Crippen LogP contribution in [0.2, 0.25) is 0 Å². The van der Waals surface area contributed by atoms with Gasteiger partial charge in [-0.15, -0.1) is 0 Å². The summed E-state index contributed by atoms with van der Waals surface area (Å²) in [5.41, 5.74) is 0.564. The molecule has 0 spiro atoms. The first-order valence-corrected chi connectivity index (χ1v) is 9.76. The summed E-state index contributed by atoms with van der Waals surface area (Å²) in [5.74, 6) is 0.504. The van der Waals surface area contributed by atoms with Crippen molar-refractivity contribution in [2.45, 2.75) is 26.3 Å². The predicted octanol–water partition coefficient (Wildman–Crippen LogP) is 1.97. The van der Waals surface area contributed by atoms with Crippen LogP contribution in [0.4, 0.5) is 5.95 Å². The molecule has 7 heteroatoms. The highest BCUT2D eigenvalue weighted by Crippen LogP contribution is 2.15. The number of nitrogens with zero attached hydrogens (tertiary/aromatic N) is 4. The molecule has 1 aliphatic rings. The number of anilines is 1. The minimum Gasteiger partial charge on any atom is -0.340 e. The van der Waals surface area contributed by atoms with Crippen LogP contribution in [0.1, 0.15) is 30.6 Å². The van der Waals surface area contributed by atoms with Gasteiger partial charge < -0.3 is 15.1 Å². The molecular weight excluding hydrogens is 354 g/mol. The van der Waals surface area contributed by atoms with Crippen molar-refractivity contribution in [1.29, 1.82) is 0 Å². The number of hydrogen-bond acceptors (Lipinski definition) is 5. The lowest BCUT2D eigenvalue weighted by atomic mass is 9.97. The second-order valence-corrected chi connectivity index (χ2v) is 7.06. The summed E-state index contributed by atoms with van der Waals surface area (Å²) in [6, 6.07) is 10.3. The van der Waals surface area contributed by atoms with Crippen LogP contribution in [-0.4, -0.2) is 58.9 Å². The molecule has 1 aliphatic heterocycles. The zero-order valence-corrected chi connectivity index (χ0v) is 16.4. The molecule has 7 nitrogen and oxygen atoms in total. The van der Waals surface area contributed by atoms with Gasteiger partial charge in [0.05, 0.1) is 0 Å². The van der Waals surface area contributed by atoms with Crippen molar-refractivity contribution in [3.05, 3.63) is 54.4 Å². The fraction of sp³-hybridized carbons (Fsp3) is 0.429. The largest absolute Gasteiger partial charge is 0.340 e. The molecule has 3 rings (SSSR count). The van der Waals surface area contributed by atoms with Crippen molar-refractivity contribution < 1.29 is 9.59 Å². The Morgan fingerprint density at radius 1 is 1.04 bits per heavy atom. The van der Waals surface area contributed by atoms with Gasteiger partial charge in [-0.25, -0.2) is 9.97 Å². The van der Waals surface area contributed by atoms with E-state index in [1.807, 2.05) is 36.9 Å². The van der Waals surface area contributed by atoms with Crippen LogP contribution in [-0.2, 0) is 4.79 Å². The Kier molecular flexibility index (Phi) is 6.57. The topological polar surface area (TPSA) is 78.4 Å². The smallest absolute Gasteiger partial charge is 0.251 e. The lowest BCUT2D eigenvalue weighted by Gasteiger charge is -2.37. The highest BCUT2D eigenvalue weighted by Gasteiger charge is 2.32. The fourth-order valence-electron chi connectivity index (χ4n) is 3.28. The molecule has 2 heterocycles.